The summed E-state index contributed by atoms with van der Waals surface area (Å²) in [5.74, 6) is 0. The smallest absolute Gasteiger partial charge is 0.261 e. The van der Waals surface area contributed by atoms with Crippen molar-refractivity contribution in [2.24, 2.45) is 0 Å². The molecule has 0 spiro atoms. The van der Waals surface area contributed by atoms with Crippen LogP contribution in [0.3, 0.4) is 0 Å². The van der Waals surface area contributed by atoms with Crippen LogP contribution < -0.4 is 10.4 Å². The average molecular weight is 436 g/mol. The third kappa shape index (κ3) is 5.19. The third-order valence-electron chi connectivity index (χ3n) is 6.44. The number of hydrogen-bond donors (Lipinski definition) is 0. The van der Waals surface area contributed by atoms with Gasteiger partial charge < -0.3 is 9.63 Å². The molecule has 0 saturated carbocycles. The lowest BCUT2D eigenvalue weighted by atomic mass is 10.1. The summed E-state index contributed by atoms with van der Waals surface area (Å²) in [6.45, 7) is 11.1. The van der Waals surface area contributed by atoms with Crippen LogP contribution in [0.1, 0.15) is 59.3 Å². The van der Waals surface area contributed by atoms with Crippen LogP contribution in [-0.2, 0) is 4.43 Å². The molecule has 0 amide bonds. The Morgan fingerprint density at radius 2 is 1.61 bits per heavy atom. The summed E-state index contributed by atoms with van der Waals surface area (Å²) in [7, 11) is -2.59. The highest BCUT2D eigenvalue weighted by Crippen LogP contribution is 2.37. The zero-order valence-corrected chi connectivity index (χ0v) is 20.3. The first-order valence-corrected chi connectivity index (χ1v) is 13.5. The maximum atomic E-state index is 13.0. The molecule has 0 bridgehead atoms. The van der Waals surface area contributed by atoms with Crippen LogP contribution in [0.15, 0.2) is 73.3 Å². The van der Waals surface area contributed by atoms with E-state index >= 15 is 0 Å². The van der Waals surface area contributed by atoms with E-state index in [4.69, 9.17) is 4.43 Å². The minimum atomic E-state index is -2.59. The minimum Gasteiger partial charge on any atom is -0.624 e. The zero-order chi connectivity index (χ0) is 22.3. The molecule has 0 aliphatic carbocycles. The van der Waals surface area contributed by atoms with Crippen molar-refractivity contribution in [1.82, 2.24) is 0 Å². The summed E-state index contributed by atoms with van der Waals surface area (Å²) in [4.78, 5) is 0. The van der Waals surface area contributed by atoms with Gasteiger partial charge in [-0.1, -0.05) is 87.5 Å². The highest BCUT2D eigenvalue weighted by Gasteiger charge is 2.51. The van der Waals surface area contributed by atoms with Crippen LogP contribution in [0.5, 0.6) is 0 Å². The number of hydrogen-bond acceptors (Lipinski definition) is 2. The molecule has 166 valence electrons. The van der Waals surface area contributed by atoms with Crippen molar-refractivity contribution in [2.75, 3.05) is 6.61 Å². The van der Waals surface area contributed by atoms with Gasteiger partial charge in [-0.25, -0.2) is 4.74 Å². The van der Waals surface area contributed by atoms with E-state index in [1.54, 1.807) is 0 Å². The van der Waals surface area contributed by atoms with Crippen molar-refractivity contribution in [3.8, 4) is 0 Å². The van der Waals surface area contributed by atoms with Gasteiger partial charge in [0.2, 0.25) is 0 Å². The highest BCUT2D eigenvalue weighted by molar-refractivity contribution is 6.99. The van der Waals surface area contributed by atoms with Crippen molar-refractivity contribution in [3.05, 3.63) is 78.5 Å². The molecule has 3 rings (SSSR count). The van der Waals surface area contributed by atoms with Crippen LogP contribution in [0.2, 0.25) is 5.04 Å². The second kappa shape index (κ2) is 10.4. The number of nitrogens with zero attached hydrogens (tertiary/aromatic N) is 1. The van der Waals surface area contributed by atoms with Gasteiger partial charge in [-0.3, -0.25) is 0 Å². The summed E-state index contributed by atoms with van der Waals surface area (Å²) in [5.41, 5.74) is 1.04. The number of rotatable bonds is 10. The first-order valence-electron chi connectivity index (χ1n) is 11.6. The monoisotopic (exact) mass is 435 g/mol. The Balaban J connectivity index is 1.87. The van der Waals surface area contributed by atoms with Gasteiger partial charge in [0.15, 0.2) is 11.8 Å². The van der Waals surface area contributed by atoms with Crippen molar-refractivity contribution < 1.29 is 9.16 Å². The molecule has 0 saturated heterocycles. The Bertz CT molecular complexity index is 832. The Hall–Kier alpha value is -2.17. The first-order chi connectivity index (χ1) is 14.9. The second-order valence-electron chi connectivity index (χ2n) is 9.59. The lowest BCUT2D eigenvalue weighted by Gasteiger charge is -2.43. The molecule has 0 aromatic heterocycles. The molecule has 0 N–H and O–H groups in total. The Morgan fingerprint density at radius 3 is 2.13 bits per heavy atom. The van der Waals surface area contributed by atoms with Crippen LogP contribution >= 0.6 is 0 Å². The summed E-state index contributed by atoms with van der Waals surface area (Å²) in [6.07, 6.45) is 7.81. The van der Waals surface area contributed by atoms with E-state index in [1.807, 2.05) is 6.08 Å². The molecule has 1 aliphatic rings. The summed E-state index contributed by atoms with van der Waals surface area (Å²) in [6, 6.07) is 21.2. The van der Waals surface area contributed by atoms with Crippen LogP contribution in [0.4, 0.5) is 0 Å². The van der Waals surface area contributed by atoms with Gasteiger partial charge in [-0.2, -0.15) is 0 Å². The summed E-state index contributed by atoms with van der Waals surface area (Å²) >= 11 is 0. The molecular weight excluding hydrogens is 398 g/mol. The summed E-state index contributed by atoms with van der Waals surface area (Å²) < 4.78 is 8.25. The van der Waals surface area contributed by atoms with Gasteiger partial charge in [-0.15, -0.1) is 6.58 Å². The van der Waals surface area contributed by atoms with Crippen LogP contribution in [0.25, 0.3) is 0 Å². The normalized spacial score (nSPS) is 17.2. The van der Waals surface area contributed by atoms with E-state index in [1.165, 1.54) is 15.1 Å². The number of benzene rings is 2. The van der Waals surface area contributed by atoms with Crippen molar-refractivity contribution in [1.29, 1.82) is 0 Å². The predicted molar refractivity (Wildman–Crippen MR) is 134 cm³/mol. The SMILES string of the molecule is C=CCCCCC1=[N+]([O-])[C@H](CO[Si](c2ccccc2)(c2ccccc2)C(C)(C)C)CC1. The van der Waals surface area contributed by atoms with E-state index in [9.17, 15) is 5.21 Å². The lowest BCUT2D eigenvalue weighted by Crippen LogP contribution is -2.67. The molecule has 0 fully saturated rings. The zero-order valence-electron chi connectivity index (χ0n) is 19.3. The topological polar surface area (TPSA) is 35.3 Å². The standard InChI is InChI=1S/C27H37NO2Si/c1-5-6-7-10-15-23-20-21-24(28(23)29)22-30-31(27(2,3)4,25-16-11-8-12-17-25)26-18-13-9-14-19-26/h5,8-9,11-14,16-19,24H,1,6-7,10,15,20-22H2,2-4H3/t24-/m0/s1. The predicted octanol–water partition coefficient (Wildman–Crippen LogP) is 5.42. The molecule has 1 heterocycles. The molecule has 1 aliphatic heterocycles. The van der Waals surface area contributed by atoms with Crippen molar-refractivity contribution >= 4 is 24.4 Å². The van der Waals surface area contributed by atoms with E-state index in [2.05, 4.69) is 88.0 Å². The first kappa shape index (κ1) is 23.5. The fourth-order valence-electron chi connectivity index (χ4n) is 4.81. The molecule has 0 radical (unpaired) electrons. The summed E-state index contributed by atoms with van der Waals surface area (Å²) in [5, 5.41) is 15.5. The largest absolute Gasteiger partial charge is 0.624 e. The maximum Gasteiger partial charge on any atom is 0.261 e. The number of allylic oxidation sites excluding steroid dienone is 1. The van der Waals surface area contributed by atoms with Crippen molar-refractivity contribution in [2.45, 2.75) is 70.4 Å². The van der Waals surface area contributed by atoms with Gasteiger partial charge in [0.05, 0.1) is 6.61 Å². The molecule has 4 heteroatoms. The molecule has 3 nitrogen and oxygen atoms in total. The quantitative estimate of drug-likeness (QED) is 0.164. The lowest BCUT2D eigenvalue weighted by molar-refractivity contribution is -0.496. The van der Waals surface area contributed by atoms with E-state index < -0.39 is 8.32 Å². The fourth-order valence-corrected chi connectivity index (χ4v) is 9.40. The van der Waals surface area contributed by atoms with Gasteiger partial charge in [0.25, 0.3) is 8.32 Å². The van der Waals surface area contributed by atoms with E-state index in [0.717, 1.165) is 44.2 Å². The molecule has 1 atom stereocenters. The Labute approximate surface area is 189 Å². The minimum absolute atomic E-state index is 0.0702. The number of unbranched alkanes of at least 4 members (excludes halogenated alkanes) is 2. The Kier molecular flexibility index (Phi) is 7.90. The van der Waals surface area contributed by atoms with E-state index in [0.29, 0.717) is 6.61 Å². The van der Waals surface area contributed by atoms with Gasteiger partial charge in [-0.05, 0) is 34.7 Å². The fraction of sp³-hybridized carbons (Fsp3) is 0.444. The molecule has 0 unspecified atom stereocenters. The van der Waals surface area contributed by atoms with Gasteiger partial charge in [0, 0.05) is 19.3 Å². The van der Waals surface area contributed by atoms with E-state index in [-0.39, 0.29) is 11.1 Å². The maximum absolute atomic E-state index is 13.0. The average Bonchev–Trinajstić information content (AvgIpc) is 3.12. The third-order valence-corrected chi connectivity index (χ3v) is 11.4. The van der Waals surface area contributed by atoms with Gasteiger partial charge >= 0.3 is 0 Å². The second-order valence-corrected chi connectivity index (χ2v) is 13.9. The van der Waals surface area contributed by atoms with Crippen LogP contribution in [-0.4, -0.2) is 31.4 Å². The van der Waals surface area contributed by atoms with Crippen molar-refractivity contribution in [3.63, 3.8) is 0 Å². The Morgan fingerprint density at radius 1 is 1.03 bits per heavy atom. The molecule has 2 aromatic carbocycles. The number of hydroxylamine groups is 1. The van der Waals surface area contributed by atoms with Gasteiger partial charge in [0.1, 0.15) is 0 Å². The van der Waals surface area contributed by atoms with Crippen LogP contribution in [0, 0.1) is 5.21 Å². The molecule has 31 heavy (non-hydrogen) atoms. The molecular formula is C27H37NO2Si. The highest BCUT2D eigenvalue weighted by atomic mass is 28.4. The molecule has 2 aromatic rings.